The Balaban J connectivity index is 1.85. The van der Waals surface area contributed by atoms with Crippen molar-refractivity contribution < 1.29 is 34.0 Å². The number of esters is 1. The molecule has 0 heterocycles. The fraction of sp³-hybridized carbons (Fsp3) is 0.500. The van der Waals surface area contributed by atoms with E-state index in [1.807, 2.05) is 6.07 Å². The lowest BCUT2D eigenvalue weighted by Crippen LogP contribution is -2.36. The molecule has 0 saturated heterocycles. The smallest absolute Gasteiger partial charge is 0.338 e. The van der Waals surface area contributed by atoms with E-state index < -0.39 is 5.97 Å². The lowest BCUT2D eigenvalue weighted by molar-refractivity contribution is 0.0492. The minimum atomic E-state index is -0.440. The van der Waals surface area contributed by atoms with Crippen LogP contribution in [0.15, 0.2) is 30.3 Å². The number of aromatic hydroxyl groups is 2. The molecule has 0 aliphatic rings. The van der Waals surface area contributed by atoms with E-state index in [0.717, 1.165) is 44.3 Å². The third-order valence-electron chi connectivity index (χ3n) is 5.68. The third kappa shape index (κ3) is 7.45. The number of unbranched alkanes of at least 4 members (excludes halogenated alkanes) is 1. The van der Waals surface area contributed by atoms with Crippen LogP contribution in [0.3, 0.4) is 0 Å². The molecule has 0 aliphatic carbocycles. The molecule has 0 saturated carbocycles. The van der Waals surface area contributed by atoms with Crippen molar-refractivity contribution >= 4 is 5.97 Å². The summed E-state index contributed by atoms with van der Waals surface area (Å²) in [4.78, 5) is 14.9. The molecule has 0 amide bonds. The molecular weight excluding hydrogens is 438 g/mol. The van der Waals surface area contributed by atoms with Crippen molar-refractivity contribution in [2.75, 3.05) is 41.0 Å². The van der Waals surface area contributed by atoms with E-state index in [2.05, 4.69) is 18.7 Å². The van der Waals surface area contributed by atoms with Crippen LogP contribution in [0.4, 0.5) is 0 Å². The number of phenolic OH excluding ortho intramolecular Hbond substituents is 2. The molecule has 1 atom stereocenters. The number of hydrogen-bond donors (Lipinski definition) is 2. The molecule has 0 aromatic heterocycles. The van der Waals surface area contributed by atoms with Crippen LogP contribution in [0.5, 0.6) is 28.7 Å². The van der Waals surface area contributed by atoms with Gasteiger partial charge in [0.2, 0.25) is 5.75 Å². The highest BCUT2D eigenvalue weighted by Crippen LogP contribution is 2.38. The monoisotopic (exact) mass is 475 g/mol. The van der Waals surface area contributed by atoms with Gasteiger partial charge in [-0.1, -0.05) is 13.0 Å². The Hall–Kier alpha value is -3.13. The van der Waals surface area contributed by atoms with E-state index in [9.17, 15) is 15.0 Å². The number of ether oxygens (including phenoxy) is 4. The second-order valence-corrected chi connectivity index (χ2v) is 8.17. The minimum Gasteiger partial charge on any atom is -0.504 e. The van der Waals surface area contributed by atoms with E-state index in [1.165, 1.54) is 27.4 Å². The number of methoxy groups -OCH3 is 3. The summed E-state index contributed by atoms with van der Waals surface area (Å²) in [5.41, 5.74) is 1.32. The summed E-state index contributed by atoms with van der Waals surface area (Å²) in [7, 11) is 4.51. The van der Waals surface area contributed by atoms with Gasteiger partial charge in [-0.2, -0.15) is 0 Å². The molecule has 2 N–H and O–H groups in total. The highest BCUT2D eigenvalue weighted by Gasteiger charge is 2.18. The summed E-state index contributed by atoms with van der Waals surface area (Å²) < 4.78 is 21.3. The van der Waals surface area contributed by atoms with Crippen LogP contribution in [0.1, 0.15) is 49.0 Å². The first-order chi connectivity index (χ1) is 16.3. The Bertz CT molecular complexity index is 906. The molecule has 0 spiro atoms. The fourth-order valence-corrected chi connectivity index (χ4v) is 3.87. The zero-order valence-electron chi connectivity index (χ0n) is 20.8. The lowest BCUT2D eigenvalue weighted by atomic mass is 10.0. The van der Waals surface area contributed by atoms with Crippen molar-refractivity contribution in [3.8, 4) is 28.7 Å². The Labute approximate surface area is 202 Å². The van der Waals surface area contributed by atoms with Crippen molar-refractivity contribution in [2.24, 2.45) is 0 Å². The molecule has 0 aliphatic heterocycles. The third-order valence-corrected chi connectivity index (χ3v) is 5.68. The largest absolute Gasteiger partial charge is 0.504 e. The van der Waals surface area contributed by atoms with E-state index in [4.69, 9.17) is 18.9 Å². The maximum absolute atomic E-state index is 12.5. The van der Waals surface area contributed by atoms with Crippen molar-refractivity contribution in [1.29, 1.82) is 0 Å². The summed E-state index contributed by atoms with van der Waals surface area (Å²) >= 11 is 0. The van der Waals surface area contributed by atoms with E-state index in [1.54, 1.807) is 18.2 Å². The summed E-state index contributed by atoms with van der Waals surface area (Å²) in [6.07, 6.45) is 3.42. The van der Waals surface area contributed by atoms with Crippen LogP contribution in [0, 0.1) is 0 Å². The van der Waals surface area contributed by atoms with E-state index >= 15 is 0 Å². The molecule has 8 nitrogen and oxygen atoms in total. The molecule has 34 heavy (non-hydrogen) atoms. The van der Waals surface area contributed by atoms with Gasteiger partial charge in [0.25, 0.3) is 0 Å². The van der Waals surface area contributed by atoms with Crippen LogP contribution < -0.4 is 14.2 Å². The summed E-state index contributed by atoms with van der Waals surface area (Å²) in [5.74, 6) is 0.586. The highest BCUT2D eigenvalue weighted by atomic mass is 16.5. The SMILES string of the molecule is CCCN(CCCCOC(=O)c1cc(OC)c(OC)c(OC)c1)C(C)Cc1ccc(O)c(O)c1. The summed E-state index contributed by atoms with van der Waals surface area (Å²) in [6, 6.07) is 8.39. The van der Waals surface area contributed by atoms with Gasteiger partial charge in [0.15, 0.2) is 23.0 Å². The zero-order valence-corrected chi connectivity index (χ0v) is 20.8. The molecule has 2 rings (SSSR count). The van der Waals surface area contributed by atoms with Crippen LogP contribution in [0.25, 0.3) is 0 Å². The topological polar surface area (TPSA) is 97.7 Å². The summed E-state index contributed by atoms with van der Waals surface area (Å²) in [5, 5.41) is 19.3. The average molecular weight is 476 g/mol. The molecule has 0 bridgehead atoms. The first-order valence-corrected chi connectivity index (χ1v) is 11.6. The van der Waals surface area contributed by atoms with Gasteiger partial charge in [0, 0.05) is 6.04 Å². The van der Waals surface area contributed by atoms with E-state index in [-0.39, 0.29) is 17.5 Å². The van der Waals surface area contributed by atoms with Crippen molar-refractivity contribution in [2.45, 2.75) is 45.6 Å². The van der Waals surface area contributed by atoms with Gasteiger partial charge >= 0.3 is 5.97 Å². The van der Waals surface area contributed by atoms with Crippen molar-refractivity contribution in [3.63, 3.8) is 0 Å². The normalized spacial score (nSPS) is 11.8. The van der Waals surface area contributed by atoms with Gasteiger partial charge in [-0.05, 0) is 75.5 Å². The van der Waals surface area contributed by atoms with Crippen molar-refractivity contribution in [1.82, 2.24) is 4.90 Å². The van der Waals surface area contributed by atoms with Gasteiger partial charge in [0.1, 0.15) is 0 Å². The zero-order chi connectivity index (χ0) is 25.1. The minimum absolute atomic E-state index is 0.0966. The second kappa shape index (κ2) is 13.5. The molecule has 0 radical (unpaired) electrons. The van der Waals surface area contributed by atoms with Gasteiger partial charge in [-0.15, -0.1) is 0 Å². The molecule has 2 aromatic rings. The first kappa shape index (κ1) is 27.1. The van der Waals surface area contributed by atoms with Crippen LogP contribution in [-0.2, 0) is 11.2 Å². The maximum atomic E-state index is 12.5. The Morgan fingerprint density at radius 2 is 1.62 bits per heavy atom. The molecule has 0 fully saturated rings. The number of hydrogen-bond acceptors (Lipinski definition) is 8. The Kier molecular flexibility index (Phi) is 10.8. The van der Waals surface area contributed by atoms with Crippen molar-refractivity contribution in [3.05, 3.63) is 41.5 Å². The van der Waals surface area contributed by atoms with E-state index in [0.29, 0.717) is 29.4 Å². The standard InChI is InChI=1S/C26H37NO7/c1-6-11-27(18(2)14-19-9-10-21(28)22(29)15-19)12-7-8-13-34-26(30)20-16-23(31-3)25(33-5)24(17-20)32-4/h9-10,15-18,28-29H,6-8,11-14H2,1-5H3. The molecule has 8 heteroatoms. The average Bonchev–Trinajstić information content (AvgIpc) is 2.84. The number of carbonyl (C=O) groups is 1. The highest BCUT2D eigenvalue weighted by molar-refractivity contribution is 5.91. The van der Waals surface area contributed by atoms with Crippen LogP contribution in [0.2, 0.25) is 0 Å². The first-order valence-electron chi connectivity index (χ1n) is 11.6. The second-order valence-electron chi connectivity index (χ2n) is 8.17. The Morgan fingerprint density at radius 3 is 2.18 bits per heavy atom. The fourth-order valence-electron chi connectivity index (χ4n) is 3.87. The van der Waals surface area contributed by atoms with Gasteiger partial charge in [0.05, 0.1) is 33.5 Å². The Morgan fingerprint density at radius 1 is 0.941 bits per heavy atom. The summed E-state index contributed by atoms with van der Waals surface area (Å²) in [6.45, 7) is 6.45. The van der Waals surface area contributed by atoms with Crippen LogP contribution >= 0.6 is 0 Å². The molecule has 2 aromatic carbocycles. The number of benzene rings is 2. The maximum Gasteiger partial charge on any atom is 0.338 e. The number of carbonyl (C=O) groups excluding carboxylic acids is 1. The predicted molar refractivity (Wildman–Crippen MR) is 130 cm³/mol. The lowest BCUT2D eigenvalue weighted by Gasteiger charge is -2.29. The predicted octanol–water partition coefficient (Wildman–Crippen LogP) is 4.40. The van der Waals surface area contributed by atoms with Gasteiger partial charge < -0.3 is 34.1 Å². The quantitative estimate of drug-likeness (QED) is 0.236. The molecular formula is C26H37NO7. The van der Waals surface area contributed by atoms with Gasteiger partial charge in [-0.25, -0.2) is 4.79 Å². The number of nitrogens with zero attached hydrogens (tertiary/aromatic N) is 1. The molecule has 1 unspecified atom stereocenters. The number of rotatable bonds is 14. The number of phenols is 2. The van der Waals surface area contributed by atoms with Crippen LogP contribution in [-0.4, -0.2) is 68.1 Å². The van der Waals surface area contributed by atoms with Gasteiger partial charge in [-0.3, -0.25) is 0 Å². The molecule has 188 valence electrons.